The number of piperazine rings is 1. The van der Waals surface area contributed by atoms with Crippen molar-refractivity contribution in [2.45, 2.75) is 53.0 Å². The molecule has 1 unspecified atom stereocenters. The number of amides is 1. The first-order chi connectivity index (χ1) is 14.3. The van der Waals surface area contributed by atoms with Crippen LogP contribution in [0, 0.1) is 11.3 Å². The predicted octanol–water partition coefficient (Wildman–Crippen LogP) is 3.41. The van der Waals surface area contributed by atoms with E-state index in [2.05, 4.69) is 30.7 Å². The van der Waals surface area contributed by atoms with E-state index in [-0.39, 0.29) is 16.9 Å². The number of nitrogens with one attached hydrogen (secondary N) is 1. The topological polar surface area (TPSA) is 69.3 Å². The molecular formula is C22H31ClN4O2S. The first-order valence-corrected chi connectivity index (χ1v) is 12.2. The van der Waals surface area contributed by atoms with Crippen LogP contribution >= 0.6 is 22.9 Å². The Balaban J connectivity index is 1.48. The van der Waals surface area contributed by atoms with E-state index >= 15 is 0 Å². The zero-order chi connectivity index (χ0) is 21.5. The number of aromatic amines is 1. The van der Waals surface area contributed by atoms with Gasteiger partial charge in [0, 0.05) is 43.4 Å². The number of hydrogen-bond acceptors (Lipinski definition) is 5. The maximum atomic E-state index is 12.9. The van der Waals surface area contributed by atoms with Crippen LogP contribution in [0.2, 0.25) is 0 Å². The number of H-pyrrole nitrogens is 1. The van der Waals surface area contributed by atoms with E-state index in [4.69, 9.17) is 16.6 Å². The molecule has 2 aromatic heterocycles. The highest BCUT2D eigenvalue weighted by molar-refractivity contribution is 7.18. The fourth-order valence-electron chi connectivity index (χ4n) is 4.65. The number of thiophene rings is 1. The number of aromatic nitrogens is 2. The lowest BCUT2D eigenvalue weighted by atomic mass is 9.72. The van der Waals surface area contributed by atoms with Crippen molar-refractivity contribution in [2.75, 3.05) is 32.1 Å². The van der Waals surface area contributed by atoms with Crippen molar-refractivity contribution in [1.29, 1.82) is 0 Å². The maximum Gasteiger partial charge on any atom is 0.259 e. The molecule has 0 saturated carbocycles. The number of carbonyl (C=O) groups is 1. The number of hydrogen-bond donors (Lipinski definition) is 1. The molecule has 6 nitrogen and oxygen atoms in total. The highest BCUT2D eigenvalue weighted by Gasteiger charge is 2.31. The van der Waals surface area contributed by atoms with E-state index < -0.39 is 0 Å². The summed E-state index contributed by atoms with van der Waals surface area (Å²) >= 11 is 7.39. The van der Waals surface area contributed by atoms with Gasteiger partial charge in [-0.2, -0.15) is 0 Å². The molecule has 30 heavy (non-hydrogen) atoms. The number of rotatable bonds is 4. The largest absolute Gasteiger partial charge is 0.340 e. The summed E-state index contributed by atoms with van der Waals surface area (Å²) in [4.78, 5) is 39.1. The molecule has 1 N–H and O–H groups in total. The van der Waals surface area contributed by atoms with Crippen molar-refractivity contribution in [2.24, 2.45) is 11.3 Å². The second-order valence-electron chi connectivity index (χ2n) is 9.60. The average molecular weight is 451 g/mol. The number of fused-ring (bicyclic) bond motifs is 3. The zero-order valence-corrected chi connectivity index (χ0v) is 19.7. The van der Waals surface area contributed by atoms with Gasteiger partial charge in [0.2, 0.25) is 5.91 Å². The third-order valence-corrected chi connectivity index (χ3v) is 7.94. The van der Waals surface area contributed by atoms with Gasteiger partial charge in [-0.05, 0) is 36.2 Å². The Morgan fingerprint density at radius 1 is 1.27 bits per heavy atom. The minimum absolute atomic E-state index is 0.00219. The Labute approximate surface area is 186 Å². The fourth-order valence-corrected chi connectivity index (χ4v) is 6.13. The Hall–Kier alpha value is -1.44. The van der Waals surface area contributed by atoms with Crippen LogP contribution in [-0.2, 0) is 24.2 Å². The van der Waals surface area contributed by atoms with Crippen LogP contribution in [-0.4, -0.2) is 57.7 Å². The molecule has 0 bridgehead atoms. The van der Waals surface area contributed by atoms with Crippen molar-refractivity contribution < 1.29 is 4.79 Å². The molecule has 4 rings (SSSR count). The van der Waals surface area contributed by atoms with Gasteiger partial charge in [-0.1, -0.05) is 20.8 Å². The fraction of sp³-hybridized carbons (Fsp3) is 0.682. The van der Waals surface area contributed by atoms with Gasteiger partial charge >= 0.3 is 0 Å². The van der Waals surface area contributed by atoms with Gasteiger partial charge in [-0.25, -0.2) is 4.98 Å². The van der Waals surface area contributed by atoms with Crippen LogP contribution in [0.5, 0.6) is 0 Å². The highest BCUT2D eigenvalue weighted by Crippen LogP contribution is 2.41. The Morgan fingerprint density at radius 2 is 2.00 bits per heavy atom. The van der Waals surface area contributed by atoms with Crippen molar-refractivity contribution in [1.82, 2.24) is 19.8 Å². The quantitative estimate of drug-likeness (QED) is 0.724. The summed E-state index contributed by atoms with van der Waals surface area (Å²) in [5.74, 6) is 1.86. The van der Waals surface area contributed by atoms with E-state index in [1.165, 1.54) is 10.4 Å². The first kappa shape index (κ1) is 21.8. The molecule has 2 aliphatic rings. The van der Waals surface area contributed by atoms with Crippen LogP contribution in [0.4, 0.5) is 0 Å². The normalized spacial score (nSPS) is 20.5. The molecule has 0 radical (unpaired) electrons. The molecule has 1 aliphatic heterocycles. The maximum absolute atomic E-state index is 12.9. The molecule has 1 fully saturated rings. The van der Waals surface area contributed by atoms with Crippen LogP contribution in [0.3, 0.4) is 0 Å². The molecule has 0 aromatic carbocycles. The third kappa shape index (κ3) is 4.43. The van der Waals surface area contributed by atoms with Gasteiger partial charge < -0.3 is 9.88 Å². The number of halogens is 1. The van der Waals surface area contributed by atoms with E-state index in [0.29, 0.717) is 37.9 Å². The van der Waals surface area contributed by atoms with Gasteiger partial charge in [-0.3, -0.25) is 14.5 Å². The molecule has 1 atom stereocenters. The lowest BCUT2D eigenvalue weighted by Gasteiger charge is -2.34. The summed E-state index contributed by atoms with van der Waals surface area (Å²) in [5.41, 5.74) is 1.51. The molecule has 1 saturated heterocycles. The van der Waals surface area contributed by atoms with Crippen LogP contribution in [0.1, 0.15) is 49.9 Å². The van der Waals surface area contributed by atoms with Gasteiger partial charge in [0.05, 0.1) is 11.9 Å². The first-order valence-electron chi connectivity index (χ1n) is 10.9. The van der Waals surface area contributed by atoms with Crippen LogP contribution in [0.15, 0.2) is 4.79 Å². The molecule has 164 valence electrons. The number of alkyl halides is 1. The summed E-state index contributed by atoms with van der Waals surface area (Å²) in [6, 6.07) is 0. The lowest BCUT2D eigenvalue weighted by Crippen LogP contribution is -2.48. The molecule has 3 heterocycles. The minimum atomic E-state index is -0.00219. The number of aryl methyl sites for hydroxylation is 1. The SMILES string of the molecule is CC(C)(C)C1CCc2c(sc3nc(CN4CCN(C(=O)CCCl)CC4)[nH]c(=O)c23)C1. The summed E-state index contributed by atoms with van der Waals surface area (Å²) in [6.07, 6.45) is 3.55. The second-order valence-corrected chi connectivity index (χ2v) is 11.1. The highest BCUT2D eigenvalue weighted by atomic mass is 35.5. The number of nitrogens with zero attached hydrogens (tertiary/aromatic N) is 3. The van der Waals surface area contributed by atoms with Crippen LogP contribution < -0.4 is 5.56 Å². The number of carbonyl (C=O) groups excluding carboxylic acids is 1. The summed E-state index contributed by atoms with van der Waals surface area (Å²) < 4.78 is 0. The lowest BCUT2D eigenvalue weighted by molar-refractivity contribution is -0.132. The minimum Gasteiger partial charge on any atom is -0.340 e. The molecule has 2 aromatic rings. The molecular weight excluding hydrogens is 420 g/mol. The predicted molar refractivity (Wildman–Crippen MR) is 122 cm³/mol. The standard InChI is InChI=1S/C22H31ClN4O2S/c1-22(2,3)14-4-5-15-16(12-14)30-21-19(15)20(29)24-17(25-21)13-26-8-10-27(11-9-26)18(28)6-7-23/h14H,4-13H2,1-3H3,(H,24,25,29). The Bertz CT molecular complexity index is 985. The summed E-state index contributed by atoms with van der Waals surface area (Å²) in [5, 5.41) is 0.808. The van der Waals surface area contributed by atoms with Gasteiger partial charge in [0.25, 0.3) is 5.56 Å². The molecule has 1 amide bonds. The molecule has 0 spiro atoms. The zero-order valence-electron chi connectivity index (χ0n) is 18.1. The Kier molecular flexibility index (Phi) is 6.24. The van der Waals surface area contributed by atoms with E-state index in [0.717, 1.165) is 48.4 Å². The van der Waals surface area contributed by atoms with E-state index in [9.17, 15) is 9.59 Å². The Morgan fingerprint density at radius 3 is 2.67 bits per heavy atom. The van der Waals surface area contributed by atoms with E-state index in [1.807, 2.05) is 4.90 Å². The van der Waals surface area contributed by atoms with Gasteiger partial charge in [-0.15, -0.1) is 22.9 Å². The summed E-state index contributed by atoms with van der Waals surface area (Å²) in [6.45, 7) is 10.5. The van der Waals surface area contributed by atoms with Crippen molar-refractivity contribution in [3.8, 4) is 0 Å². The molecule has 8 heteroatoms. The second kappa shape index (κ2) is 8.60. The molecule has 1 aliphatic carbocycles. The van der Waals surface area contributed by atoms with Crippen LogP contribution in [0.25, 0.3) is 10.2 Å². The summed E-state index contributed by atoms with van der Waals surface area (Å²) in [7, 11) is 0. The monoisotopic (exact) mass is 450 g/mol. The van der Waals surface area contributed by atoms with Gasteiger partial charge in [0.1, 0.15) is 10.7 Å². The van der Waals surface area contributed by atoms with E-state index in [1.54, 1.807) is 11.3 Å². The van der Waals surface area contributed by atoms with Crippen molar-refractivity contribution in [3.63, 3.8) is 0 Å². The van der Waals surface area contributed by atoms with Crippen molar-refractivity contribution >= 4 is 39.1 Å². The third-order valence-electron chi connectivity index (χ3n) is 6.60. The smallest absolute Gasteiger partial charge is 0.259 e. The van der Waals surface area contributed by atoms with Crippen molar-refractivity contribution in [3.05, 3.63) is 26.6 Å². The average Bonchev–Trinajstić information content (AvgIpc) is 3.06. The van der Waals surface area contributed by atoms with Gasteiger partial charge in [0.15, 0.2) is 0 Å².